The van der Waals surface area contributed by atoms with E-state index in [0.717, 1.165) is 0 Å². The van der Waals surface area contributed by atoms with Crippen LogP contribution in [0.5, 0.6) is 0 Å². The maximum atomic E-state index is 3.68. The van der Waals surface area contributed by atoms with Crippen molar-refractivity contribution in [3.05, 3.63) is 35.9 Å². The second-order valence-electron chi connectivity index (χ2n) is 4.76. The Balaban J connectivity index is 1.89. The Hall–Kier alpha value is -0.470. The molecule has 0 aromatic heterocycles. The summed E-state index contributed by atoms with van der Waals surface area (Å²) in [5.74, 6) is 1.96. The van der Waals surface area contributed by atoms with Crippen molar-refractivity contribution < 1.29 is 0 Å². The maximum Gasteiger partial charge on any atom is 0.0539 e. The third-order valence-electron chi connectivity index (χ3n) is 3.28. The Morgan fingerprint density at radius 2 is 2.12 bits per heavy atom. The van der Waals surface area contributed by atoms with Gasteiger partial charge in [-0.3, -0.25) is 0 Å². The zero-order chi connectivity index (χ0) is 11.4. The van der Waals surface area contributed by atoms with Gasteiger partial charge >= 0.3 is 0 Å². The molecular weight excluding hydrogens is 214 g/mol. The molecule has 3 unspecified atom stereocenters. The van der Waals surface area contributed by atoms with Crippen molar-refractivity contribution in [2.45, 2.75) is 44.0 Å². The summed E-state index contributed by atoms with van der Waals surface area (Å²) in [4.78, 5) is 0. The lowest BCUT2D eigenvalue weighted by Gasteiger charge is -2.30. The van der Waals surface area contributed by atoms with E-state index in [1.807, 2.05) is 0 Å². The Kier molecular flexibility index (Phi) is 4.30. The zero-order valence-electron chi connectivity index (χ0n) is 10.1. The summed E-state index contributed by atoms with van der Waals surface area (Å²) in [6.07, 6.45) is 2.54. The highest BCUT2D eigenvalue weighted by molar-refractivity contribution is 7.99. The molecule has 1 nitrogen and oxygen atoms in total. The first kappa shape index (κ1) is 12.0. The summed E-state index contributed by atoms with van der Waals surface area (Å²) in [5.41, 5.74) is 1.46. The molecule has 1 aromatic carbocycles. The smallest absolute Gasteiger partial charge is 0.0539 e. The van der Waals surface area contributed by atoms with Crippen LogP contribution in [0, 0.1) is 0 Å². The van der Waals surface area contributed by atoms with Gasteiger partial charge in [-0.25, -0.2) is 0 Å². The van der Waals surface area contributed by atoms with Gasteiger partial charge in [-0.2, -0.15) is 0 Å². The van der Waals surface area contributed by atoms with Crippen LogP contribution in [0.4, 0.5) is 0 Å². The molecule has 2 rings (SSSR count). The van der Waals surface area contributed by atoms with Gasteiger partial charge in [0.25, 0.3) is 0 Å². The number of hydrogen-bond acceptors (Lipinski definition) is 2. The minimum absolute atomic E-state index is 0.638. The normalized spacial score (nSPS) is 27.6. The highest BCUT2D eigenvalue weighted by Gasteiger charge is 2.20. The lowest BCUT2D eigenvalue weighted by atomic mass is 9.97. The molecule has 0 radical (unpaired) electrons. The molecule has 1 fully saturated rings. The average Bonchev–Trinajstić information content (AvgIpc) is 2.30. The topological polar surface area (TPSA) is 12.0 Å². The van der Waals surface area contributed by atoms with Crippen LogP contribution < -0.4 is 5.32 Å². The highest BCUT2D eigenvalue weighted by atomic mass is 32.2. The first-order chi connectivity index (χ1) is 7.75. The van der Waals surface area contributed by atoms with Crippen LogP contribution in [0.2, 0.25) is 0 Å². The Labute approximate surface area is 103 Å². The van der Waals surface area contributed by atoms with Gasteiger partial charge in [0, 0.05) is 6.04 Å². The molecule has 3 atom stereocenters. The minimum Gasteiger partial charge on any atom is -0.303 e. The number of rotatable bonds is 3. The Bertz CT molecular complexity index is 312. The molecule has 0 saturated carbocycles. The van der Waals surface area contributed by atoms with E-state index in [9.17, 15) is 0 Å². The van der Waals surface area contributed by atoms with Crippen molar-refractivity contribution in [1.82, 2.24) is 5.32 Å². The third-order valence-corrected chi connectivity index (χ3v) is 4.48. The van der Waals surface area contributed by atoms with Crippen molar-refractivity contribution >= 4 is 11.8 Å². The SMILES string of the molecule is CC1CCSC(CC(C)c2ccccc2)N1. The molecule has 1 aliphatic rings. The van der Waals surface area contributed by atoms with E-state index in [1.165, 1.54) is 24.2 Å². The first-order valence-corrected chi connectivity index (χ1v) is 7.23. The fraction of sp³-hybridized carbons (Fsp3) is 0.571. The molecule has 16 heavy (non-hydrogen) atoms. The van der Waals surface area contributed by atoms with Gasteiger partial charge in [-0.15, -0.1) is 11.8 Å². The first-order valence-electron chi connectivity index (χ1n) is 6.18. The lowest BCUT2D eigenvalue weighted by molar-refractivity contribution is 0.467. The molecule has 1 saturated heterocycles. The van der Waals surface area contributed by atoms with Crippen molar-refractivity contribution in [2.75, 3.05) is 5.75 Å². The van der Waals surface area contributed by atoms with Gasteiger partial charge in [0.1, 0.15) is 0 Å². The van der Waals surface area contributed by atoms with E-state index in [-0.39, 0.29) is 0 Å². The van der Waals surface area contributed by atoms with E-state index in [1.54, 1.807) is 0 Å². The van der Waals surface area contributed by atoms with Crippen LogP contribution >= 0.6 is 11.8 Å². The zero-order valence-corrected chi connectivity index (χ0v) is 11.0. The van der Waals surface area contributed by atoms with Crippen LogP contribution in [0.25, 0.3) is 0 Å². The van der Waals surface area contributed by atoms with Gasteiger partial charge < -0.3 is 5.32 Å². The number of hydrogen-bond donors (Lipinski definition) is 1. The molecule has 88 valence electrons. The molecule has 0 bridgehead atoms. The number of nitrogens with one attached hydrogen (secondary N) is 1. The summed E-state index contributed by atoms with van der Waals surface area (Å²) >= 11 is 2.08. The summed E-state index contributed by atoms with van der Waals surface area (Å²) in [7, 11) is 0. The lowest BCUT2D eigenvalue weighted by Crippen LogP contribution is -2.39. The molecule has 2 heteroatoms. The molecular formula is C14H21NS. The molecule has 1 aliphatic heterocycles. The van der Waals surface area contributed by atoms with E-state index in [0.29, 0.717) is 17.3 Å². The van der Waals surface area contributed by atoms with E-state index < -0.39 is 0 Å². The van der Waals surface area contributed by atoms with Crippen LogP contribution in [-0.4, -0.2) is 17.2 Å². The summed E-state index contributed by atoms with van der Waals surface area (Å²) in [6.45, 7) is 4.62. The van der Waals surface area contributed by atoms with E-state index in [4.69, 9.17) is 0 Å². The van der Waals surface area contributed by atoms with Crippen LogP contribution in [0.1, 0.15) is 38.2 Å². The van der Waals surface area contributed by atoms with E-state index >= 15 is 0 Å². The number of benzene rings is 1. The van der Waals surface area contributed by atoms with Gasteiger partial charge in [-0.1, -0.05) is 37.3 Å². The summed E-state index contributed by atoms with van der Waals surface area (Å²) in [6, 6.07) is 11.5. The van der Waals surface area contributed by atoms with Gasteiger partial charge in [0.15, 0.2) is 0 Å². The molecule has 1 aromatic rings. The third kappa shape index (κ3) is 3.26. The molecule has 0 spiro atoms. The van der Waals surface area contributed by atoms with Gasteiger partial charge in [0.05, 0.1) is 5.37 Å². The summed E-state index contributed by atoms with van der Waals surface area (Å²) in [5, 5.41) is 4.32. The number of thioether (sulfide) groups is 1. The monoisotopic (exact) mass is 235 g/mol. The second kappa shape index (κ2) is 5.74. The Morgan fingerprint density at radius 3 is 2.81 bits per heavy atom. The average molecular weight is 235 g/mol. The molecule has 1 N–H and O–H groups in total. The Morgan fingerprint density at radius 1 is 1.38 bits per heavy atom. The van der Waals surface area contributed by atoms with Crippen LogP contribution in [0.15, 0.2) is 30.3 Å². The van der Waals surface area contributed by atoms with Gasteiger partial charge in [0.2, 0.25) is 0 Å². The largest absolute Gasteiger partial charge is 0.303 e. The van der Waals surface area contributed by atoms with Crippen molar-refractivity contribution in [3.8, 4) is 0 Å². The standard InChI is InChI=1S/C14H21NS/c1-11(13-6-4-3-5-7-13)10-14-15-12(2)8-9-16-14/h3-7,11-12,14-15H,8-10H2,1-2H3. The van der Waals surface area contributed by atoms with Crippen LogP contribution in [-0.2, 0) is 0 Å². The quantitative estimate of drug-likeness (QED) is 0.858. The van der Waals surface area contributed by atoms with Crippen LogP contribution in [0.3, 0.4) is 0 Å². The van der Waals surface area contributed by atoms with Crippen molar-refractivity contribution in [3.63, 3.8) is 0 Å². The molecule has 0 aliphatic carbocycles. The predicted molar refractivity (Wildman–Crippen MR) is 72.9 cm³/mol. The maximum absolute atomic E-state index is 3.68. The molecule has 0 amide bonds. The molecule has 1 heterocycles. The fourth-order valence-corrected chi connectivity index (χ4v) is 3.74. The van der Waals surface area contributed by atoms with E-state index in [2.05, 4.69) is 61.3 Å². The summed E-state index contributed by atoms with van der Waals surface area (Å²) < 4.78 is 0. The minimum atomic E-state index is 0.638. The fourth-order valence-electron chi connectivity index (χ4n) is 2.21. The second-order valence-corrected chi connectivity index (χ2v) is 6.07. The highest BCUT2D eigenvalue weighted by Crippen LogP contribution is 2.28. The predicted octanol–water partition coefficient (Wildman–Crippen LogP) is 3.62. The van der Waals surface area contributed by atoms with Crippen molar-refractivity contribution in [2.24, 2.45) is 0 Å². The van der Waals surface area contributed by atoms with Gasteiger partial charge in [-0.05, 0) is 37.0 Å². The van der Waals surface area contributed by atoms with Crippen molar-refractivity contribution in [1.29, 1.82) is 0 Å².